The molecule has 2 nitrogen and oxygen atoms in total. The van der Waals surface area contributed by atoms with Crippen LogP contribution in [-0.4, -0.2) is 18.9 Å². The van der Waals surface area contributed by atoms with E-state index in [1.165, 1.54) is 6.07 Å². The number of carbonyl (C=O) groups is 1. The van der Waals surface area contributed by atoms with E-state index in [2.05, 4.69) is 5.32 Å². The van der Waals surface area contributed by atoms with Crippen LogP contribution in [0.2, 0.25) is 5.02 Å². The molecular weight excluding hydrogens is 229 g/mol. The Morgan fingerprint density at radius 3 is 3.00 bits per heavy atom. The van der Waals surface area contributed by atoms with E-state index in [1.54, 1.807) is 12.1 Å². The first-order valence-corrected chi connectivity index (χ1v) is 5.72. The number of ketones is 1. The minimum absolute atomic E-state index is 0.00437. The largest absolute Gasteiger partial charge is 0.316 e. The summed E-state index contributed by atoms with van der Waals surface area (Å²) in [5.74, 6) is -0.145. The third kappa shape index (κ3) is 2.60. The molecule has 1 saturated heterocycles. The van der Waals surface area contributed by atoms with E-state index in [0.29, 0.717) is 19.4 Å². The molecule has 1 heterocycles. The van der Waals surface area contributed by atoms with Gasteiger partial charge in [-0.2, -0.15) is 0 Å². The summed E-state index contributed by atoms with van der Waals surface area (Å²) in [5, 5.41) is 3.30. The van der Waals surface area contributed by atoms with Gasteiger partial charge in [-0.1, -0.05) is 17.7 Å². The first-order chi connectivity index (χ1) is 7.66. The Morgan fingerprint density at radius 2 is 2.31 bits per heavy atom. The van der Waals surface area contributed by atoms with Crippen molar-refractivity contribution in [2.24, 2.45) is 5.92 Å². The summed E-state index contributed by atoms with van der Waals surface area (Å²) in [5.41, 5.74) is 0.911. The van der Waals surface area contributed by atoms with Crippen molar-refractivity contribution in [1.29, 1.82) is 0 Å². The number of benzene rings is 1. The van der Waals surface area contributed by atoms with E-state index in [-0.39, 0.29) is 16.7 Å². The van der Waals surface area contributed by atoms with Crippen LogP contribution in [0.4, 0.5) is 4.39 Å². The molecule has 4 heteroatoms. The molecule has 0 radical (unpaired) electrons. The molecule has 1 aliphatic rings. The smallest absolute Gasteiger partial charge is 0.141 e. The van der Waals surface area contributed by atoms with Gasteiger partial charge in [-0.3, -0.25) is 4.79 Å². The van der Waals surface area contributed by atoms with Crippen LogP contribution in [0.15, 0.2) is 18.2 Å². The molecule has 0 aromatic heterocycles. The molecule has 2 rings (SSSR count). The predicted molar refractivity (Wildman–Crippen MR) is 61.1 cm³/mol. The van der Waals surface area contributed by atoms with Crippen molar-refractivity contribution in [3.8, 4) is 0 Å². The summed E-state index contributed by atoms with van der Waals surface area (Å²) in [6.45, 7) is 1.47. The molecule has 1 unspecified atom stereocenters. The van der Waals surface area contributed by atoms with Crippen LogP contribution in [0.25, 0.3) is 0 Å². The number of hydrogen-bond donors (Lipinski definition) is 1. The Hall–Kier alpha value is -0.930. The first-order valence-electron chi connectivity index (χ1n) is 5.34. The quantitative estimate of drug-likeness (QED) is 0.860. The summed E-state index contributed by atoms with van der Waals surface area (Å²) in [4.78, 5) is 11.6. The van der Waals surface area contributed by atoms with Gasteiger partial charge in [0.05, 0.1) is 5.02 Å². The number of Topliss-reactive ketones (excluding diaryl/α,β-unsaturated/α-hetero) is 1. The highest BCUT2D eigenvalue weighted by atomic mass is 35.5. The first kappa shape index (κ1) is 11.6. The normalized spacial score (nSPS) is 21.1. The maximum Gasteiger partial charge on any atom is 0.141 e. The standard InChI is InChI=1S/C12H13ClFNO/c13-10-6-8(1-2-11(10)14)5-9-7-15-4-3-12(9)16/h1-2,6,9,15H,3-5,7H2. The average Bonchev–Trinajstić information content (AvgIpc) is 2.27. The minimum atomic E-state index is -0.418. The van der Waals surface area contributed by atoms with Crippen LogP contribution in [0.1, 0.15) is 12.0 Å². The van der Waals surface area contributed by atoms with Crippen LogP contribution in [0, 0.1) is 11.7 Å². The van der Waals surface area contributed by atoms with Crippen LogP contribution < -0.4 is 5.32 Å². The fraction of sp³-hybridized carbons (Fsp3) is 0.417. The van der Waals surface area contributed by atoms with Gasteiger partial charge in [-0.25, -0.2) is 4.39 Å². The zero-order valence-electron chi connectivity index (χ0n) is 8.80. The second-order valence-electron chi connectivity index (χ2n) is 4.07. The Bertz CT molecular complexity index is 408. The number of hydrogen-bond acceptors (Lipinski definition) is 2. The van der Waals surface area contributed by atoms with Gasteiger partial charge in [-0.05, 0) is 24.1 Å². The highest BCUT2D eigenvalue weighted by Crippen LogP contribution is 2.19. The fourth-order valence-corrected chi connectivity index (χ4v) is 2.15. The lowest BCUT2D eigenvalue weighted by atomic mass is 9.91. The molecule has 86 valence electrons. The number of halogens is 2. The topological polar surface area (TPSA) is 29.1 Å². The number of piperidine rings is 1. The van der Waals surface area contributed by atoms with Gasteiger partial charge in [0, 0.05) is 25.4 Å². The van der Waals surface area contributed by atoms with Gasteiger partial charge >= 0.3 is 0 Å². The lowest BCUT2D eigenvalue weighted by Crippen LogP contribution is -2.37. The van der Waals surface area contributed by atoms with Gasteiger partial charge in [0.2, 0.25) is 0 Å². The van der Waals surface area contributed by atoms with Gasteiger partial charge in [0.15, 0.2) is 0 Å². The highest BCUT2D eigenvalue weighted by Gasteiger charge is 2.22. The Balaban J connectivity index is 2.08. The number of rotatable bonds is 2. The van der Waals surface area contributed by atoms with E-state index < -0.39 is 5.82 Å². The van der Waals surface area contributed by atoms with Gasteiger partial charge < -0.3 is 5.32 Å². The Morgan fingerprint density at radius 1 is 1.50 bits per heavy atom. The van der Waals surface area contributed by atoms with E-state index in [4.69, 9.17) is 11.6 Å². The van der Waals surface area contributed by atoms with Crippen molar-refractivity contribution in [3.63, 3.8) is 0 Å². The van der Waals surface area contributed by atoms with Gasteiger partial charge in [0.1, 0.15) is 11.6 Å². The van der Waals surface area contributed by atoms with Crippen LogP contribution >= 0.6 is 11.6 Å². The predicted octanol–water partition coefficient (Wildman–Crippen LogP) is 2.20. The molecule has 1 atom stereocenters. The van der Waals surface area contributed by atoms with Gasteiger partial charge in [-0.15, -0.1) is 0 Å². The maximum atomic E-state index is 12.9. The van der Waals surface area contributed by atoms with Crippen LogP contribution in [0.3, 0.4) is 0 Å². The van der Waals surface area contributed by atoms with Crippen LogP contribution in [-0.2, 0) is 11.2 Å². The molecule has 1 aromatic rings. The zero-order chi connectivity index (χ0) is 11.5. The van der Waals surface area contributed by atoms with Crippen LogP contribution in [0.5, 0.6) is 0 Å². The third-order valence-corrected chi connectivity index (χ3v) is 3.15. The SMILES string of the molecule is O=C1CCNCC1Cc1ccc(F)c(Cl)c1. The summed E-state index contributed by atoms with van der Waals surface area (Å²) in [6.07, 6.45) is 1.21. The molecule has 0 bridgehead atoms. The molecule has 0 amide bonds. The minimum Gasteiger partial charge on any atom is -0.316 e. The van der Waals surface area contributed by atoms with Crippen molar-refractivity contribution in [1.82, 2.24) is 5.32 Å². The number of nitrogens with one attached hydrogen (secondary N) is 1. The lowest BCUT2D eigenvalue weighted by Gasteiger charge is -2.21. The van der Waals surface area contributed by atoms with Crippen molar-refractivity contribution < 1.29 is 9.18 Å². The molecule has 16 heavy (non-hydrogen) atoms. The summed E-state index contributed by atoms with van der Waals surface area (Å²) in [6, 6.07) is 4.63. The summed E-state index contributed by atoms with van der Waals surface area (Å²) >= 11 is 5.69. The number of carbonyl (C=O) groups excluding carboxylic acids is 1. The van der Waals surface area contributed by atoms with E-state index in [9.17, 15) is 9.18 Å². The zero-order valence-corrected chi connectivity index (χ0v) is 9.56. The summed E-state index contributed by atoms with van der Waals surface area (Å²) in [7, 11) is 0. The second kappa shape index (κ2) is 4.93. The van der Waals surface area contributed by atoms with E-state index in [0.717, 1.165) is 12.1 Å². The molecule has 0 spiro atoms. The highest BCUT2D eigenvalue weighted by molar-refractivity contribution is 6.30. The monoisotopic (exact) mass is 241 g/mol. The van der Waals surface area contributed by atoms with Crippen molar-refractivity contribution >= 4 is 17.4 Å². The third-order valence-electron chi connectivity index (χ3n) is 2.86. The van der Waals surface area contributed by atoms with Crippen molar-refractivity contribution in [2.75, 3.05) is 13.1 Å². The van der Waals surface area contributed by atoms with Gasteiger partial charge in [0.25, 0.3) is 0 Å². The van der Waals surface area contributed by atoms with E-state index in [1.807, 2.05) is 0 Å². The van der Waals surface area contributed by atoms with Crippen molar-refractivity contribution in [3.05, 3.63) is 34.6 Å². The summed E-state index contributed by atoms with van der Waals surface area (Å²) < 4.78 is 12.9. The Kier molecular flexibility index (Phi) is 3.56. The molecular formula is C12H13ClFNO. The Labute approximate surface area is 98.8 Å². The molecule has 0 aliphatic carbocycles. The molecule has 1 aliphatic heterocycles. The molecule has 1 aromatic carbocycles. The molecule has 1 fully saturated rings. The maximum absolute atomic E-state index is 12.9. The van der Waals surface area contributed by atoms with Crippen molar-refractivity contribution in [2.45, 2.75) is 12.8 Å². The average molecular weight is 242 g/mol. The van der Waals surface area contributed by atoms with E-state index >= 15 is 0 Å². The second-order valence-corrected chi connectivity index (χ2v) is 4.48. The lowest BCUT2D eigenvalue weighted by molar-refractivity contribution is -0.123. The molecule has 0 saturated carbocycles. The molecule has 1 N–H and O–H groups in total. The fourth-order valence-electron chi connectivity index (χ4n) is 1.94.